The van der Waals surface area contributed by atoms with Crippen LogP contribution in [-0.4, -0.2) is 56.6 Å². The molecule has 0 heterocycles. The Morgan fingerprint density at radius 2 is 1.65 bits per heavy atom. The number of para-hydroxylation sites is 1. The van der Waals surface area contributed by atoms with Gasteiger partial charge in [-0.3, -0.25) is 13.9 Å². The third-order valence-corrected chi connectivity index (χ3v) is 7.54. The van der Waals surface area contributed by atoms with Gasteiger partial charge in [-0.05, 0) is 50.3 Å². The quantitative estimate of drug-likeness (QED) is 0.560. The van der Waals surface area contributed by atoms with Gasteiger partial charge in [-0.1, -0.05) is 61.4 Å². The number of nitrogens with one attached hydrogen (secondary N) is 1. The molecule has 1 unspecified atom stereocenters. The number of amides is 2. The second-order valence-corrected chi connectivity index (χ2v) is 11.0. The number of anilines is 1. The fourth-order valence-corrected chi connectivity index (χ4v) is 5.31. The maximum absolute atomic E-state index is 13.5. The molecule has 2 aromatic carbocycles. The molecule has 2 aromatic rings. The first-order chi connectivity index (χ1) is 16.2. The van der Waals surface area contributed by atoms with Gasteiger partial charge < -0.3 is 10.2 Å². The largest absolute Gasteiger partial charge is 0.352 e. The van der Waals surface area contributed by atoms with Gasteiger partial charge in [0.1, 0.15) is 12.6 Å². The van der Waals surface area contributed by atoms with E-state index >= 15 is 0 Å². The minimum Gasteiger partial charge on any atom is -0.352 e. The van der Waals surface area contributed by atoms with Crippen molar-refractivity contribution >= 4 is 27.5 Å². The number of sulfonamides is 1. The maximum atomic E-state index is 13.5. The number of carbonyl (C=O) groups excluding carboxylic acids is 2. The Balaban J connectivity index is 1.82. The second-order valence-electron chi connectivity index (χ2n) is 9.04. The summed E-state index contributed by atoms with van der Waals surface area (Å²) in [5.41, 5.74) is 2.26. The molecule has 1 aliphatic rings. The van der Waals surface area contributed by atoms with Gasteiger partial charge in [0.05, 0.1) is 11.9 Å². The molecular weight excluding hydrogens is 450 g/mol. The number of aryl methyl sites for hydroxylation is 1. The first-order valence-electron chi connectivity index (χ1n) is 11.8. The van der Waals surface area contributed by atoms with Gasteiger partial charge in [0, 0.05) is 12.6 Å². The number of hydrogen-bond donors (Lipinski definition) is 1. The third-order valence-electron chi connectivity index (χ3n) is 6.42. The van der Waals surface area contributed by atoms with Crippen molar-refractivity contribution in [3.05, 3.63) is 65.7 Å². The molecule has 0 spiro atoms. The smallest absolute Gasteiger partial charge is 0.244 e. The van der Waals surface area contributed by atoms with Gasteiger partial charge in [0.2, 0.25) is 21.8 Å². The molecule has 0 radical (unpaired) electrons. The Hall–Kier alpha value is -2.87. The molecule has 0 bridgehead atoms. The summed E-state index contributed by atoms with van der Waals surface area (Å²) in [4.78, 5) is 28.1. The fraction of sp³-hybridized carbons (Fsp3) is 0.462. The Kier molecular flexibility index (Phi) is 8.72. The number of rotatable bonds is 10. The van der Waals surface area contributed by atoms with Crippen LogP contribution in [0.15, 0.2) is 54.6 Å². The van der Waals surface area contributed by atoms with Crippen LogP contribution >= 0.6 is 0 Å². The Morgan fingerprint density at radius 3 is 2.26 bits per heavy atom. The molecule has 184 valence electrons. The molecule has 34 heavy (non-hydrogen) atoms. The molecule has 8 heteroatoms. The van der Waals surface area contributed by atoms with E-state index in [2.05, 4.69) is 5.32 Å². The second kappa shape index (κ2) is 11.5. The van der Waals surface area contributed by atoms with Crippen molar-refractivity contribution in [1.82, 2.24) is 10.2 Å². The highest BCUT2D eigenvalue weighted by Crippen LogP contribution is 2.23. The summed E-state index contributed by atoms with van der Waals surface area (Å²) < 4.78 is 26.4. The zero-order valence-electron chi connectivity index (χ0n) is 20.2. The summed E-state index contributed by atoms with van der Waals surface area (Å²) in [7, 11) is -3.72. The van der Waals surface area contributed by atoms with Gasteiger partial charge >= 0.3 is 0 Å². The summed E-state index contributed by atoms with van der Waals surface area (Å²) in [5, 5.41) is 3.07. The Labute approximate surface area is 203 Å². The van der Waals surface area contributed by atoms with E-state index in [9.17, 15) is 18.0 Å². The molecule has 1 saturated carbocycles. The topological polar surface area (TPSA) is 86.8 Å². The van der Waals surface area contributed by atoms with Crippen LogP contribution in [0, 0.1) is 6.92 Å². The minimum absolute atomic E-state index is 0.139. The van der Waals surface area contributed by atoms with E-state index in [0.29, 0.717) is 18.7 Å². The van der Waals surface area contributed by atoms with Crippen LogP contribution in [0.1, 0.15) is 43.7 Å². The Morgan fingerprint density at radius 1 is 1.03 bits per heavy atom. The standard InChI is InChI=1S/C26H35N3O4S/c1-20-11-7-10-16-24(20)29(34(3,32)33)19-25(30)28(18-17-22-12-5-4-6-13-22)21(2)26(31)27-23-14-8-9-15-23/h4-7,10-13,16,21,23H,8-9,14-15,17-19H2,1-3H3,(H,27,31). The lowest BCUT2D eigenvalue weighted by Crippen LogP contribution is -2.53. The van der Waals surface area contributed by atoms with Crippen LogP contribution in [0.4, 0.5) is 5.69 Å². The molecule has 7 nitrogen and oxygen atoms in total. The predicted octanol–water partition coefficient (Wildman–Crippen LogP) is 3.28. The summed E-state index contributed by atoms with van der Waals surface area (Å²) in [6, 6.07) is 16.2. The fourth-order valence-electron chi connectivity index (χ4n) is 4.40. The lowest BCUT2D eigenvalue weighted by molar-refractivity contribution is -0.139. The molecule has 0 aromatic heterocycles. The number of carbonyl (C=O) groups is 2. The first kappa shape index (κ1) is 25.7. The summed E-state index contributed by atoms with van der Waals surface area (Å²) in [6.07, 6.45) is 5.75. The minimum atomic E-state index is -3.72. The summed E-state index contributed by atoms with van der Waals surface area (Å²) in [5.74, 6) is -0.603. The van der Waals surface area contributed by atoms with Crippen LogP contribution in [0.25, 0.3) is 0 Å². The van der Waals surface area contributed by atoms with E-state index in [1.54, 1.807) is 19.1 Å². The zero-order valence-corrected chi connectivity index (χ0v) is 21.1. The summed E-state index contributed by atoms with van der Waals surface area (Å²) in [6.45, 7) is 3.47. The molecule has 0 aliphatic heterocycles. The van der Waals surface area contributed by atoms with E-state index in [4.69, 9.17) is 0 Å². The van der Waals surface area contributed by atoms with Crippen molar-refractivity contribution in [2.75, 3.05) is 23.7 Å². The van der Waals surface area contributed by atoms with Crippen LogP contribution in [0.3, 0.4) is 0 Å². The predicted molar refractivity (Wildman–Crippen MR) is 135 cm³/mol. The van der Waals surface area contributed by atoms with Crippen molar-refractivity contribution in [1.29, 1.82) is 0 Å². The van der Waals surface area contributed by atoms with Crippen LogP contribution in [-0.2, 0) is 26.0 Å². The lowest BCUT2D eigenvalue weighted by atomic mass is 10.1. The SMILES string of the molecule is Cc1ccccc1N(CC(=O)N(CCc1ccccc1)C(C)C(=O)NC1CCCC1)S(C)(=O)=O. The molecule has 1 N–H and O–H groups in total. The van der Waals surface area contributed by atoms with Crippen molar-refractivity contribution in [2.24, 2.45) is 0 Å². The van der Waals surface area contributed by atoms with E-state index in [0.717, 1.165) is 47.4 Å². The molecule has 1 fully saturated rings. The monoisotopic (exact) mass is 485 g/mol. The molecular formula is C26H35N3O4S. The van der Waals surface area contributed by atoms with E-state index in [-0.39, 0.29) is 18.5 Å². The molecule has 2 amide bonds. The van der Waals surface area contributed by atoms with Gasteiger partial charge in [-0.25, -0.2) is 8.42 Å². The van der Waals surface area contributed by atoms with Crippen molar-refractivity contribution in [3.8, 4) is 0 Å². The highest BCUT2D eigenvalue weighted by Gasteiger charge is 2.31. The first-order valence-corrected chi connectivity index (χ1v) is 13.7. The normalized spacial score (nSPS) is 15.0. The van der Waals surface area contributed by atoms with Crippen LogP contribution in [0.2, 0.25) is 0 Å². The summed E-state index contributed by atoms with van der Waals surface area (Å²) >= 11 is 0. The third kappa shape index (κ3) is 6.82. The highest BCUT2D eigenvalue weighted by molar-refractivity contribution is 7.92. The van der Waals surface area contributed by atoms with Crippen LogP contribution in [0.5, 0.6) is 0 Å². The zero-order chi connectivity index (χ0) is 24.7. The highest BCUT2D eigenvalue weighted by atomic mass is 32.2. The number of hydrogen-bond acceptors (Lipinski definition) is 4. The van der Waals surface area contributed by atoms with Gasteiger partial charge in [-0.15, -0.1) is 0 Å². The van der Waals surface area contributed by atoms with E-state index in [1.165, 1.54) is 4.90 Å². The maximum Gasteiger partial charge on any atom is 0.244 e. The Bertz CT molecular complexity index is 1080. The van der Waals surface area contributed by atoms with Crippen LogP contribution < -0.4 is 9.62 Å². The van der Waals surface area contributed by atoms with E-state index < -0.39 is 22.0 Å². The molecule has 1 aliphatic carbocycles. The lowest BCUT2D eigenvalue weighted by Gasteiger charge is -2.32. The van der Waals surface area contributed by atoms with E-state index in [1.807, 2.05) is 49.4 Å². The van der Waals surface area contributed by atoms with Gasteiger partial charge in [0.15, 0.2) is 0 Å². The van der Waals surface area contributed by atoms with Crippen molar-refractivity contribution < 1.29 is 18.0 Å². The number of benzene rings is 2. The van der Waals surface area contributed by atoms with Gasteiger partial charge in [0.25, 0.3) is 0 Å². The van der Waals surface area contributed by atoms with Crippen molar-refractivity contribution in [2.45, 2.75) is 58.0 Å². The average Bonchev–Trinajstić information content (AvgIpc) is 3.31. The van der Waals surface area contributed by atoms with Crippen molar-refractivity contribution in [3.63, 3.8) is 0 Å². The molecule has 0 saturated heterocycles. The molecule has 1 atom stereocenters. The van der Waals surface area contributed by atoms with Gasteiger partial charge in [-0.2, -0.15) is 0 Å². The molecule has 3 rings (SSSR count). The number of nitrogens with zero attached hydrogens (tertiary/aromatic N) is 2. The average molecular weight is 486 g/mol.